The molecule has 2 rings (SSSR count). The second-order valence-electron chi connectivity index (χ2n) is 4.81. The Bertz CT molecular complexity index is 773. The molecule has 0 heterocycles. The molecule has 0 radical (unpaired) electrons. The molecule has 0 saturated heterocycles. The number of halogens is 3. The summed E-state index contributed by atoms with van der Waals surface area (Å²) < 4.78 is 52.4. The van der Waals surface area contributed by atoms with Crippen LogP contribution in [0.25, 0.3) is 0 Å². The van der Waals surface area contributed by atoms with Crippen molar-refractivity contribution >= 4 is 14.1 Å². The van der Waals surface area contributed by atoms with Crippen LogP contribution >= 0.6 is 8.18 Å². The van der Waals surface area contributed by atoms with E-state index >= 15 is 0 Å². The Morgan fingerprint density at radius 2 is 1.75 bits per heavy atom. The third-order valence-electron chi connectivity index (χ3n) is 3.45. The number of hydrogen-bond donors (Lipinski definition) is 3. The molecule has 0 amide bonds. The van der Waals surface area contributed by atoms with Crippen LogP contribution in [-0.2, 0) is 14.9 Å². The molecular formula is C15H12F3NO4P+. The van der Waals surface area contributed by atoms with E-state index in [4.69, 9.17) is 0 Å². The molecule has 9 heteroatoms. The van der Waals surface area contributed by atoms with E-state index in [1.165, 1.54) is 30.3 Å². The smallest absolute Gasteiger partial charge is 0.479 e. The maximum absolute atomic E-state index is 14.4. The molecule has 0 bridgehead atoms. The van der Waals surface area contributed by atoms with Crippen LogP contribution in [0.3, 0.4) is 0 Å². The molecule has 0 aliphatic rings. The maximum Gasteiger partial charge on any atom is 0.612 e. The maximum atomic E-state index is 14.4. The second kappa shape index (κ2) is 7.09. The Kier molecular flexibility index (Phi) is 5.33. The molecular weight excluding hydrogens is 346 g/mol. The Morgan fingerprint density at radius 3 is 2.25 bits per heavy atom. The fourth-order valence-corrected chi connectivity index (χ4v) is 3.12. The molecule has 0 saturated carbocycles. The molecule has 2 atom stereocenters. The van der Waals surface area contributed by atoms with Crippen molar-refractivity contribution < 1.29 is 32.5 Å². The topological polar surface area (TPSA) is 86.6 Å². The van der Waals surface area contributed by atoms with Crippen molar-refractivity contribution in [3.63, 3.8) is 0 Å². The van der Waals surface area contributed by atoms with Gasteiger partial charge in [0.15, 0.2) is 0 Å². The van der Waals surface area contributed by atoms with Gasteiger partial charge in [0, 0.05) is 11.1 Å². The molecule has 2 unspecified atom stereocenters. The molecule has 0 aliphatic carbocycles. The number of hydrogen-bond acceptors (Lipinski definition) is 2. The quantitative estimate of drug-likeness (QED) is 0.690. The van der Waals surface area contributed by atoms with Crippen LogP contribution in [0.1, 0.15) is 23.1 Å². The summed E-state index contributed by atoms with van der Waals surface area (Å²) in [7, 11) is -3.30. The first-order valence-electron chi connectivity index (χ1n) is 6.60. The lowest BCUT2D eigenvalue weighted by atomic mass is 9.81. The van der Waals surface area contributed by atoms with E-state index < -0.39 is 43.1 Å². The molecule has 2 aromatic rings. The lowest BCUT2D eigenvalue weighted by Gasteiger charge is -2.28. The first-order chi connectivity index (χ1) is 11.3. The number of aliphatic carboxylic acids is 1. The average molecular weight is 358 g/mol. The van der Waals surface area contributed by atoms with Crippen molar-refractivity contribution in [2.75, 3.05) is 0 Å². The van der Waals surface area contributed by atoms with Crippen molar-refractivity contribution in [1.29, 1.82) is 0 Å². The molecule has 24 heavy (non-hydrogen) atoms. The molecule has 0 aromatic heterocycles. The van der Waals surface area contributed by atoms with Gasteiger partial charge in [-0.05, 0) is 16.2 Å². The predicted molar refractivity (Wildman–Crippen MR) is 79.2 cm³/mol. The van der Waals surface area contributed by atoms with Crippen LogP contribution in [0.5, 0.6) is 0 Å². The Hall–Kier alpha value is -2.28. The van der Waals surface area contributed by atoms with Gasteiger partial charge in [0.05, 0.1) is 0 Å². The minimum Gasteiger partial charge on any atom is -0.479 e. The van der Waals surface area contributed by atoms with Crippen LogP contribution < -0.4 is 5.09 Å². The molecule has 2 aromatic carbocycles. The summed E-state index contributed by atoms with van der Waals surface area (Å²) in [6, 6.07) is 9.51. The van der Waals surface area contributed by atoms with Gasteiger partial charge in [-0.25, -0.2) is 18.0 Å². The van der Waals surface area contributed by atoms with Gasteiger partial charge in [-0.1, -0.05) is 47.6 Å². The monoisotopic (exact) mass is 358 g/mol. The second-order valence-corrected chi connectivity index (χ2v) is 5.58. The van der Waals surface area contributed by atoms with Crippen molar-refractivity contribution in [1.82, 2.24) is 5.09 Å². The van der Waals surface area contributed by atoms with Crippen LogP contribution in [0.4, 0.5) is 13.2 Å². The summed E-state index contributed by atoms with van der Waals surface area (Å²) in [6.07, 6.45) is -3.18. The third-order valence-corrected chi connectivity index (χ3v) is 3.97. The Balaban J connectivity index is 2.91. The largest absolute Gasteiger partial charge is 0.612 e. The van der Waals surface area contributed by atoms with Crippen molar-refractivity contribution in [2.24, 2.45) is 0 Å². The molecule has 0 spiro atoms. The molecule has 3 N–H and O–H groups in total. The summed E-state index contributed by atoms with van der Waals surface area (Å²) in [5.74, 6) is -3.03. The summed E-state index contributed by atoms with van der Waals surface area (Å²) in [6.45, 7) is 0. The van der Waals surface area contributed by atoms with Crippen molar-refractivity contribution in [3.05, 3.63) is 71.0 Å². The lowest BCUT2D eigenvalue weighted by Crippen LogP contribution is -2.48. The minimum atomic E-state index is -3.30. The van der Waals surface area contributed by atoms with Gasteiger partial charge in [-0.3, -0.25) is 0 Å². The number of nitrogens with one attached hydrogen (secondary N) is 1. The van der Waals surface area contributed by atoms with Gasteiger partial charge in [0.2, 0.25) is 5.54 Å². The third kappa shape index (κ3) is 3.17. The lowest BCUT2D eigenvalue weighted by molar-refractivity contribution is -0.142. The van der Waals surface area contributed by atoms with E-state index in [1.807, 2.05) is 5.09 Å². The fourth-order valence-electron chi connectivity index (χ4n) is 2.49. The van der Waals surface area contributed by atoms with E-state index in [-0.39, 0.29) is 5.56 Å². The minimum absolute atomic E-state index is 0.165. The standard InChI is InChI=1S/C15H11F3NO4P/c16-11-8-4-7-10(13(17)18)12(11)15(14(20)21,19-24(22)23)9-5-2-1-3-6-9/h1-8,13H,(H2-,19,20,21,22,23)/p+1. The SMILES string of the molecule is O=C(O)C(N[P+](=O)O)(c1ccccc1)c1c(F)cccc1C(F)F. The zero-order valence-corrected chi connectivity index (χ0v) is 12.9. The Morgan fingerprint density at radius 1 is 1.12 bits per heavy atom. The predicted octanol–water partition coefficient (Wildman–Crippen LogP) is 3.33. The summed E-state index contributed by atoms with van der Waals surface area (Å²) in [4.78, 5) is 21.2. The van der Waals surface area contributed by atoms with Gasteiger partial charge in [0.1, 0.15) is 5.82 Å². The number of rotatable bonds is 6. The van der Waals surface area contributed by atoms with Gasteiger partial charge in [-0.15, -0.1) is 4.89 Å². The van der Waals surface area contributed by atoms with Crippen LogP contribution in [0.2, 0.25) is 0 Å². The Labute approximate surface area is 135 Å². The fraction of sp³-hybridized carbons (Fsp3) is 0.133. The van der Waals surface area contributed by atoms with E-state index in [1.54, 1.807) is 0 Å². The number of benzene rings is 2. The molecule has 0 fully saturated rings. The van der Waals surface area contributed by atoms with Crippen molar-refractivity contribution in [3.8, 4) is 0 Å². The number of carboxylic acids is 1. The van der Waals surface area contributed by atoms with Gasteiger partial charge in [-0.2, -0.15) is 0 Å². The summed E-state index contributed by atoms with van der Waals surface area (Å²) >= 11 is 0. The van der Waals surface area contributed by atoms with Crippen LogP contribution in [0, 0.1) is 5.82 Å². The first-order valence-corrected chi connectivity index (χ1v) is 7.82. The summed E-state index contributed by atoms with van der Waals surface area (Å²) in [5.41, 5.74) is -4.61. The van der Waals surface area contributed by atoms with Crippen LogP contribution in [-0.4, -0.2) is 16.0 Å². The summed E-state index contributed by atoms with van der Waals surface area (Å²) in [5, 5.41) is 11.5. The van der Waals surface area contributed by atoms with Gasteiger partial charge < -0.3 is 5.11 Å². The van der Waals surface area contributed by atoms with E-state index in [0.717, 1.165) is 18.2 Å². The number of carbonyl (C=O) groups is 1. The molecule has 126 valence electrons. The highest BCUT2D eigenvalue weighted by atomic mass is 31.1. The highest BCUT2D eigenvalue weighted by Gasteiger charge is 2.52. The zero-order valence-electron chi connectivity index (χ0n) is 12.0. The van der Waals surface area contributed by atoms with E-state index in [9.17, 15) is 32.5 Å². The first kappa shape index (κ1) is 18.1. The normalized spacial score (nSPS) is 14.3. The van der Waals surface area contributed by atoms with Gasteiger partial charge in [0.25, 0.3) is 6.43 Å². The van der Waals surface area contributed by atoms with Crippen molar-refractivity contribution in [2.45, 2.75) is 12.0 Å². The number of alkyl halides is 2. The molecule has 5 nitrogen and oxygen atoms in total. The zero-order chi connectivity index (χ0) is 17.9. The highest BCUT2D eigenvalue weighted by Crippen LogP contribution is 2.40. The van der Waals surface area contributed by atoms with E-state index in [2.05, 4.69) is 0 Å². The van der Waals surface area contributed by atoms with Gasteiger partial charge >= 0.3 is 14.1 Å². The molecule has 0 aliphatic heterocycles. The average Bonchev–Trinajstić information content (AvgIpc) is 2.53. The van der Waals surface area contributed by atoms with Crippen LogP contribution in [0.15, 0.2) is 48.5 Å². The van der Waals surface area contributed by atoms with E-state index in [0.29, 0.717) is 0 Å². The number of carboxylic acid groups (broad SMARTS) is 1. The highest BCUT2D eigenvalue weighted by molar-refractivity contribution is 7.35.